The molecule has 0 aliphatic rings. The van der Waals surface area contributed by atoms with Gasteiger partial charge in [-0.3, -0.25) is 9.59 Å². The second kappa shape index (κ2) is 10.6. The molecular formula is C23H22F3N7O2. The van der Waals surface area contributed by atoms with Crippen LogP contribution in [0, 0.1) is 6.92 Å². The van der Waals surface area contributed by atoms with Gasteiger partial charge in [0.2, 0.25) is 0 Å². The first kappa shape index (κ1) is 25.1. The highest BCUT2D eigenvalue weighted by Crippen LogP contribution is 2.33. The van der Waals surface area contributed by atoms with Gasteiger partial charge in [-0.2, -0.15) is 18.3 Å². The second-order valence-corrected chi connectivity index (χ2v) is 7.54. The van der Waals surface area contributed by atoms with Crippen LogP contribution in [0.3, 0.4) is 0 Å². The average molecular weight is 485 g/mol. The van der Waals surface area contributed by atoms with Gasteiger partial charge < -0.3 is 22.2 Å². The molecule has 0 radical (unpaired) electrons. The summed E-state index contributed by atoms with van der Waals surface area (Å²) in [5.74, 6) is 3.28. The average Bonchev–Trinajstić information content (AvgIpc) is 2.85. The van der Waals surface area contributed by atoms with Gasteiger partial charge in [-0.1, -0.05) is 54.1 Å². The van der Waals surface area contributed by atoms with Crippen LogP contribution in [0.5, 0.6) is 0 Å². The molecule has 1 heterocycles. The van der Waals surface area contributed by atoms with Gasteiger partial charge in [0.25, 0.3) is 11.8 Å². The monoisotopic (exact) mass is 485 g/mol. The molecule has 1 aromatic heterocycles. The number of aromatic nitrogens is 2. The Morgan fingerprint density at radius 1 is 1.00 bits per heavy atom. The number of amides is 2. The number of aryl methyl sites for hydroxylation is 1. The number of hydrogen-bond acceptors (Lipinski definition) is 6. The van der Waals surface area contributed by atoms with Crippen LogP contribution < -0.4 is 22.2 Å². The van der Waals surface area contributed by atoms with Crippen LogP contribution in [0.1, 0.15) is 49.3 Å². The molecule has 0 unspecified atom stereocenters. The maximum Gasteiger partial charge on any atom is 0.412 e. The molecule has 0 fully saturated rings. The molecule has 182 valence electrons. The Kier molecular flexibility index (Phi) is 7.64. The number of nitrogens with one attached hydrogen (secondary N) is 2. The van der Waals surface area contributed by atoms with Crippen molar-refractivity contribution in [3.63, 3.8) is 0 Å². The molecule has 1 atom stereocenters. The van der Waals surface area contributed by atoms with E-state index >= 15 is 0 Å². The van der Waals surface area contributed by atoms with E-state index in [9.17, 15) is 22.8 Å². The number of rotatable bonds is 7. The van der Waals surface area contributed by atoms with Gasteiger partial charge in [-0.25, -0.2) is 9.97 Å². The van der Waals surface area contributed by atoms with Crippen LogP contribution in [0.25, 0.3) is 0 Å². The highest BCUT2D eigenvalue weighted by Gasteiger charge is 2.42. The van der Waals surface area contributed by atoms with Gasteiger partial charge in [0.15, 0.2) is 6.04 Å². The number of alkyl halides is 3. The van der Waals surface area contributed by atoms with Crippen molar-refractivity contribution in [3.05, 3.63) is 94.6 Å². The SMILES string of the molecule is Cc1ccc(CNC(=O)c2cc(C(=O)N[C@H](c3ccc(/C(N)=N/N)cc3)C(F)(F)F)ncn2)cc1. The van der Waals surface area contributed by atoms with E-state index in [1.165, 1.54) is 12.1 Å². The van der Waals surface area contributed by atoms with Gasteiger partial charge in [-0.15, -0.1) is 0 Å². The minimum atomic E-state index is -4.81. The molecule has 3 rings (SSSR count). The summed E-state index contributed by atoms with van der Waals surface area (Å²) >= 11 is 0. The number of halogens is 3. The van der Waals surface area contributed by atoms with Gasteiger partial charge in [-0.05, 0) is 18.1 Å². The zero-order valence-electron chi connectivity index (χ0n) is 18.5. The number of hydrazone groups is 1. The van der Waals surface area contributed by atoms with Crippen LogP contribution in [0.4, 0.5) is 13.2 Å². The van der Waals surface area contributed by atoms with Crippen molar-refractivity contribution in [2.45, 2.75) is 25.7 Å². The highest BCUT2D eigenvalue weighted by molar-refractivity contribution is 5.98. The van der Waals surface area contributed by atoms with Crippen LogP contribution in [0.2, 0.25) is 0 Å². The third-order valence-corrected chi connectivity index (χ3v) is 4.99. The predicted octanol–water partition coefficient (Wildman–Crippen LogP) is 2.33. The molecule has 0 spiro atoms. The van der Waals surface area contributed by atoms with E-state index in [4.69, 9.17) is 11.6 Å². The van der Waals surface area contributed by atoms with E-state index in [1.807, 2.05) is 36.5 Å². The zero-order chi connectivity index (χ0) is 25.6. The Morgan fingerprint density at radius 2 is 1.60 bits per heavy atom. The quantitative estimate of drug-likeness (QED) is 0.175. The molecule has 0 saturated carbocycles. The number of carbonyl (C=O) groups excluding carboxylic acids is 2. The summed E-state index contributed by atoms with van der Waals surface area (Å²) in [6.45, 7) is 2.14. The Balaban J connectivity index is 1.74. The van der Waals surface area contributed by atoms with Crippen LogP contribution in [0.15, 0.2) is 66.0 Å². The lowest BCUT2D eigenvalue weighted by molar-refractivity contribution is -0.155. The van der Waals surface area contributed by atoms with Crippen LogP contribution in [-0.4, -0.2) is 33.8 Å². The summed E-state index contributed by atoms with van der Waals surface area (Å²) in [7, 11) is 0. The summed E-state index contributed by atoms with van der Waals surface area (Å²) in [6, 6.07) is 11.0. The largest absolute Gasteiger partial charge is 0.412 e. The summed E-state index contributed by atoms with van der Waals surface area (Å²) in [4.78, 5) is 32.5. The molecule has 0 aliphatic carbocycles. The van der Waals surface area contributed by atoms with E-state index in [1.54, 1.807) is 0 Å². The third-order valence-electron chi connectivity index (χ3n) is 4.99. The molecule has 0 aliphatic heterocycles. The highest BCUT2D eigenvalue weighted by atomic mass is 19.4. The summed E-state index contributed by atoms with van der Waals surface area (Å²) in [5.41, 5.74) is 6.97. The molecule has 0 bridgehead atoms. The van der Waals surface area contributed by atoms with E-state index < -0.39 is 29.7 Å². The van der Waals surface area contributed by atoms with E-state index in [-0.39, 0.29) is 23.6 Å². The van der Waals surface area contributed by atoms with Crippen molar-refractivity contribution in [3.8, 4) is 0 Å². The van der Waals surface area contributed by atoms with Gasteiger partial charge in [0, 0.05) is 18.2 Å². The molecule has 2 aromatic carbocycles. The third kappa shape index (κ3) is 6.53. The normalized spacial score (nSPS) is 12.6. The fraction of sp³-hybridized carbons (Fsp3) is 0.174. The first-order chi connectivity index (χ1) is 16.6. The minimum absolute atomic E-state index is 0.0571. The molecule has 9 nitrogen and oxygen atoms in total. The zero-order valence-corrected chi connectivity index (χ0v) is 18.5. The number of amidine groups is 1. The fourth-order valence-corrected chi connectivity index (χ4v) is 3.06. The number of nitrogens with zero attached hydrogens (tertiary/aromatic N) is 3. The number of benzene rings is 2. The lowest BCUT2D eigenvalue weighted by Crippen LogP contribution is -2.38. The molecule has 6 N–H and O–H groups in total. The predicted molar refractivity (Wildman–Crippen MR) is 122 cm³/mol. The maximum atomic E-state index is 13.7. The topological polar surface area (TPSA) is 148 Å². The Hall–Kier alpha value is -4.48. The lowest BCUT2D eigenvalue weighted by atomic mass is 10.0. The van der Waals surface area contributed by atoms with Crippen molar-refractivity contribution >= 4 is 17.6 Å². The molecule has 2 amide bonds. The van der Waals surface area contributed by atoms with E-state index in [0.29, 0.717) is 5.56 Å². The molecule has 35 heavy (non-hydrogen) atoms. The first-order valence-corrected chi connectivity index (χ1v) is 10.3. The van der Waals surface area contributed by atoms with E-state index in [2.05, 4.69) is 20.4 Å². The van der Waals surface area contributed by atoms with Gasteiger partial charge >= 0.3 is 6.18 Å². The molecule has 12 heteroatoms. The van der Waals surface area contributed by atoms with Gasteiger partial charge in [0.05, 0.1) is 0 Å². The number of carbonyl (C=O) groups is 2. The first-order valence-electron chi connectivity index (χ1n) is 10.3. The second-order valence-electron chi connectivity index (χ2n) is 7.54. The number of nitrogens with two attached hydrogens (primary N) is 2. The van der Waals surface area contributed by atoms with E-state index in [0.717, 1.165) is 35.7 Å². The Bertz CT molecular complexity index is 1230. The van der Waals surface area contributed by atoms with Crippen molar-refractivity contribution in [1.29, 1.82) is 0 Å². The van der Waals surface area contributed by atoms with Crippen molar-refractivity contribution in [2.24, 2.45) is 16.7 Å². The van der Waals surface area contributed by atoms with Crippen molar-refractivity contribution in [2.75, 3.05) is 0 Å². The Labute approximate surface area is 198 Å². The minimum Gasteiger partial charge on any atom is -0.382 e. The Morgan fingerprint density at radius 3 is 2.17 bits per heavy atom. The van der Waals surface area contributed by atoms with Crippen LogP contribution >= 0.6 is 0 Å². The number of hydrogen-bond donors (Lipinski definition) is 4. The summed E-state index contributed by atoms with van der Waals surface area (Å²) in [6.07, 6.45) is -3.88. The van der Waals surface area contributed by atoms with Crippen molar-refractivity contribution in [1.82, 2.24) is 20.6 Å². The van der Waals surface area contributed by atoms with Crippen molar-refractivity contribution < 1.29 is 22.8 Å². The smallest absolute Gasteiger partial charge is 0.382 e. The summed E-state index contributed by atoms with van der Waals surface area (Å²) in [5, 5.41) is 7.83. The molecular weight excluding hydrogens is 463 g/mol. The van der Waals surface area contributed by atoms with Crippen LogP contribution in [-0.2, 0) is 6.54 Å². The molecule has 3 aromatic rings. The molecule has 0 saturated heterocycles. The lowest BCUT2D eigenvalue weighted by Gasteiger charge is -2.22. The van der Waals surface area contributed by atoms with Gasteiger partial charge in [0.1, 0.15) is 23.6 Å². The fourth-order valence-electron chi connectivity index (χ4n) is 3.06. The summed E-state index contributed by atoms with van der Waals surface area (Å²) < 4.78 is 41.2. The standard InChI is InChI=1S/C23H22F3N7O2/c1-13-2-4-14(5-3-13)11-29-21(34)17-10-18(31-12-30-17)22(35)32-19(23(24,25)26)15-6-8-16(9-7-15)20(27)33-28/h2-10,12,19H,11,28H2,1H3,(H2,27,33)(H,29,34)(H,32,35)/t19-/m1/s1. The maximum absolute atomic E-state index is 13.7.